The van der Waals surface area contributed by atoms with Gasteiger partial charge in [0.05, 0.1) is 0 Å². The Morgan fingerprint density at radius 3 is 2.85 bits per heavy atom. The second kappa shape index (κ2) is 7.43. The standard InChI is InChI=1S/C23H26FNO2/c1-3-6-21(26)27-20-8-5-7-15-13-19-22-16(9-11-25(19)10-4-2)12-17(24)14-18(22)23(15)20/h5,7-8,12,14,19H,3-4,6,9-11,13H2,1-2H3/t19-/m1/s1. The van der Waals surface area contributed by atoms with Crippen LogP contribution in [0.5, 0.6) is 5.75 Å². The Morgan fingerprint density at radius 2 is 2.07 bits per heavy atom. The van der Waals surface area contributed by atoms with Crippen LogP contribution in [-0.4, -0.2) is 24.0 Å². The molecule has 0 bridgehead atoms. The van der Waals surface area contributed by atoms with Gasteiger partial charge in [0.25, 0.3) is 0 Å². The maximum Gasteiger partial charge on any atom is 0.311 e. The van der Waals surface area contributed by atoms with E-state index in [0.29, 0.717) is 12.2 Å². The molecule has 3 nitrogen and oxygen atoms in total. The van der Waals surface area contributed by atoms with Crippen LogP contribution in [0.1, 0.15) is 55.8 Å². The van der Waals surface area contributed by atoms with E-state index in [1.54, 1.807) is 12.1 Å². The predicted molar refractivity (Wildman–Crippen MR) is 104 cm³/mol. The van der Waals surface area contributed by atoms with Crippen molar-refractivity contribution in [3.63, 3.8) is 0 Å². The summed E-state index contributed by atoms with van der Waals surface area (Å²) in [6.07, 6.45) is 3.98. The molecule has 1 atom stereocenters. The molecule has 0 N–H and O–H groups in total. The Hall–Kier alpha value is -2.20. The van der Waals surface area contributed by atoms with Crippen LogP contribution in [0.2, 0.25) is 0 Å². The molecule has 0 amide bonds. The molecule has 2 aromatic carbocycles. The lowest BCUT2D eigenvalue weighted by Crippen LogP contribution is -2.39. The number of halogens is 1. The van der Waals surface area contributed by atoms with Crippen LogP contribution >= 0.6 is 0 Å². The maximum atomic E-state index is 14.4. The first kappa shape index (κ1) is 18.2. The van der Waals surface area contributed by atoms with Gasteiger partial charge in [-0.2, -0.15) is 0 Å². The molecule has 0 aromatic heterocycles. The molecule has 0 spiro atoms. The predicted octanol–water partition coefficient (Wildman–Crippen LogP) is 5.06. The van der Waals surface area contributed by atoms with Crippen molar-refractivity contribution in [3.8, 4) is 16.9 Å². The zero-order chi connectivity index (χ0) is 19.0. The van der Waals surface area contributed by atoms with Gasteiger partial charge in [-0.25, -0.2) is 4.39 Å². The van der Waals surface area contributed by atoms with Gasteiger partial charge < -0.3 is 4.74 Å². The summed E-state index contributed by atoms with van der Waals surface area (Å²) < 4.78 is 20.1. The van der Waals surface area contributed by atoms with Gasteiger partial charge in [0.15, 0.2) is 0 Å². The zero-order valence-corrected chi connectivity index (χ0v) is 16.1. The van der Waals surface area contributed by atoms with E-state index in [1.165, 1.54) is 5.56 Å². The van der Waals surface area contributed by atoms with Gasteiger partial charge in [-0.05, 0) is 72.7 Å². The molecule has 27 heavy (non-hydrogen) atoms. The van der Waals surface area contributed by atoms with Crippen molar-refractivity contribution in [2.24, 2.45) is 0 Å². The highest BCUT2D eigenvalue weighted by Crippen LogP contribution is 2.48. The van der Waals surface area contributed by atoms with E-state index in [4.69, 9.17) is 4.74 Å². The Labute approximate surface area is 160 Å². The van der Waals surface area contributed by atoms with E-state index < -0.39 is 0 Å². The van der Waals surface area contributed by atoms with Crippen LogP contribution in [0.15, 0.2) is 30.3 Å². The number of carbonyl (C=O) groups is 1. The van der Waals surface area contributed by atoms with Crippen LogP contribution < -0.4 is 4.74 Å². The first-order chi connectivity index (χ1) is 13.1. The summed E-state index contributed by atoms with van der Waals surface area (Å²) in [6.45, 7) is 6.16. The van der Waals surface area contributed by atoms with Crippen molar-refractivity contribution in [1.82, 2.24) is 4.90 Å². The fourth-order valence-electron chi connectivity index (χ4n) is 4.59. The van der Waals surface area contributed by atoms with Crippen LogP contribution in [0.25, 0.3) is 11.1 Å². The summed E-state index contributed by atoms with van der Waals surface area (Å²) in [7, 11) is 0. The third-order valence-corrected chi connectivity index (χ3v) is 5.66. The monoisotopic (exact) mass is 367 g/mol. The Kier molecular flexibility index (Phi) is 5.00. The molecule has 2 aromatic rings. The molecule has 1 aliphatic heterocycles. The summed E-state index contributed by atoms with van der Waals surface area (Å²) >= 11 is 0. The van der Waals surface area contributed by atoms with E-state index in [0.717, 1.165) is 61.0 Å². The van der Waals surface area contributed by atoms with Gasteiger partial charge in [0.2, 0.25) is 0 Å². The second-order valence-electron chi connectivity index (χ2n) is 7.55. The van der Waals surface area contributed by atoms with Gasteiger partial charge in [-0.15, -0.1) is 0 Å². The number of esters is 1. The topological polar surface area (TPSA) is 29.5 Å². The average molecular weight is 367 g/mol. The molecule has 0 radical (unpaired) electrons. The number of carbonyl (C=O) groups excluding carboxylic acids is 1. The number of ether oxygens (including phenoxy) is 1. The summed E-state index contributed by atoms with van der Waals surface area (Å²) in [6, 6.07) is 9.43. The lowest BCUT2D eigenvalue weighted by Gasteiger charge is -2.42. The minimum Gasteiger partial charge on any atom is -0.426 e. The average Bonchev–Trinajstić information content (AvgIpc) is 2.64. The van der Waals surface area contributed by atoms with Gasteiger partial charge >= 0.3 is 5.97 Å². The third-order valence-electron chi connectivity index (χ3n) is 5.66. The van der Waals surface area contributed by atoms with Crippen molar-refractivity contribution in [2.45, 2.75) is 52.0 Å². The Balaban J connectivity index is 1.85. The largest absolute Gasteiger partial charge is 0.426 e. The fraction of sp³-hybridized carbons (Fsp3) is 0.435. The van der Waals surface area contributed by atoms with E-state index in [1.807, 2.05) is 19.1 Å². The lowest BCUT2D eigenvalue weighted by molar-refractivity contribution is -0.134. The van der Waals surface area contributed by atoms with E-state index >= 15 is 0 Å². The number of benzene rings is 2. The smallest absolute Gasteiger partial charge is 0.311 e. The van der Waals surface area contributed by atoms with Crippen molar-refractivity contribution in [3.05, 3.63) is 52.8 Å². The molecule has 142 valence electrons. The quantitative estimate of drug-likeness (QED) is 0.546. The van der Waals surface area contributed by atoms with Crippen LogP contribution in [0.4, 0.5) is 4.39 Å². The lowest BCUT2D eigenvalue weighted by atomic mass is 9.76. The van der Waals surface area contributed by atoms with Gasteiger partial charge in [-0.1, -0.05) is 26.0 Å². The molecule has 4 rings (SSSR count). The van der Waals surface area contributed by atoms with Gasteiger partial charge in [0, 0.05) is 24.6 Å². The maximum absolute atomic E-state index is 14.4. The summed E-state index contributed by atoms with van der Waals surface area (Å²) in [5.41, 5.74) is 5.25. The van der Waals surface area contributed by atoms with Crippen LogP contribution in [0, 0.1) is 5.82 Å². The molecular formula is C23H26FNO2. The van der Waals surface area contributed by atoms with Gasteiger partial charge in [0.1, 0.15) is 11.6 Å². The molecule has 4 heteroatoms. The van der Waals surface area contributed by atoms with Gasteiger partial charge in [-0.3, -0.25) is 9.69 Å². The van der Waals surface area contributed by atoms with Crippen LogP contribution in [-0.2, 0) is 17.6 Å². The molecule has 0 fully saturated rings. The SMILES string of the molecule is CCCC(=O)Oc1cccc2c1-c1cc(F)cc3c1[C@@H](C2)N(CCC)CC3. The van der Waals surface area contributed by atoms with Crippen molar-refractivity contribution < 1.29 is 13.9 Å². The highest BCUT2D eigenvalue weighted by atomic mass is 19.1. The van der Waals surface area contributed by atoms with Crippen LogP contribution in [0.3, 0.4) is 0 Å². The zero-order valence-electron chi connectivity index (χ0n) is 16.1. The molecule has 0 saturated carbocycles. The molecule has 0 saturated heterocycles. The number of hydrogen-bond donors (Lipinski definition) is 0. The molecule has 2 aliphatic rings. The number of rotatable bonds is 5. The van der Waals surface area contributed by atoms with E-state index in [9.17, 15) is 9.18 Å². The minimum atomic E-state index is -0.231. The first-order valence-electron chi connectivity index (χ1n) is 10.0. The van der Waals surface area contributed by atoms with Crippen molar-refractivity contribution in [1.29, 1.82) is 0 Å². The van der Waals surface area contributed by atoms with E-state index in [2.05, 4.69) is 17.9 Å². The van der Waals surface area contributed by atoms with Crippen molar-refractivity contribution in [2.75, 3.05) is 13.1 Å². The summed E-state index contributed by atoms with van der Waals surface area (Å²) in [5.74, 6) is 0.115. The number of nitrogens with zero attached hydrogens (tertiary/aromatic N) is 1. The summed E-state index contributed by atoms with van der Waals surface area (Å²) in [5, 5.41) is 0. The highest BCUT2D eigenvalue weighted by Gasteiger charge is 2.35. The molecule has 1 aliphatic carbocycles. The first-order valence-corrected chi connectivity index (χ1v) is 10.0. The summed E-state index contributed by atoms with van der Waals surface area (Å²) in [4.78, 5) is 14.6. The Bertz CT molecular complexity index is 877. The highest BCUT2D eigenvalue weighted by molar-refractivity contribution is 5.83. The molecule has 1 heterocycles. The Morgan fingerprint density at radius 1 is 1.22 bits per heavy atom. The molecular weight excluding hydrogens is 341 g/mol. The number of fused-ring (bicyclic) bond motifs is 2. The fourth-order valence-corrected chi connectivity index (χ4v) is 4.59. The minimum absolute atomic E-state index is 0.214. The number of hydrogen-bond acceptors (Lipinski definition) is 3. The normalized spacial score (nSPS) is 18.0. The van der Waals surface area contributed by atoms with E-state index in [-0.39, 0.29) is 17.8 Å². The van der Waals surface area contributed by atoms with Crippen molar-refractivity contribution >= 4 is 5.97 Å². The third kappa shape index (κ3) is 3.27. The second-order valence-corrected chi connectivity index (χ2v) is 7.55. The molecule has 0 unspecified atom stereocenters.